The van der Waals surface area contributed by atoms with E-state index in [0.29, 0.717) is 0 Å². The van der Waals surface area contributed by atoms with E-state index in [1.807, 2.05) is 37.2 Å². The molecule has 0 spiro atoms. The van der Waals surface area contributed by atoms with Gasteiger partial charge in [-0.15, -0.1) is 0 Å². The van der Waals surface area contributed by atoms with E-state index in [2.05, 4.69) is 31.0 Å². The molecule has 0 saturated heterocycles. The third-order valence-corrected chi connectivity index (χ3v) is 3.30. The Bertz CT molecular complexity index is 561. The van der Waals surface area contributed by atoms with Crippen molar-refractivity contribution in [2.75, 3.05) is 19.0 Å². The molecule has 6 heteroatoms. The number of amidine groups is 1. The van der Waals surface area contributed by atoms with Crippen LogP contribution in [0.25, 0.3) is 5.69 Å². The van der Waals surface area contributed by atoms with Crippen LogP contribution in [-0.4, -0.2) is 34.7 Å². The quantitative estimate of drug-likeness (QED) is 0.632. The molecule has 2 aromatic rings. The summed E-state index contributed by atoms with van der Waals surface area (Å²) in [6.07, 6.45) is 5.45. The number of aliphatic imine (C=N–C) groups is 1. The Morgan fingerprint density at radius 2 is 2.28 bits per heavy atom. The average Bonchev–Trinajstić information content (AvgIpc) is 2.80. The molecule has 5 nitrogen and oxygen atoms in total. The van der Waals surface area contributed by atoms with E-state index in [4.69, 9.17) is 0 Å². The minimum atomic E-state index is 0.775. The van der Waals surface area contributed by atoms with E-state index in [-0.39, 0.29) is 0 Å². The summed E-state index contributed by atoms with van der Waals surface area (Å²) in [5.74, 6) is 0.918. The van der Waals surface area contributed by atoms with Crippen LogP contribution in [0.2, 0.25) is 0 Å². The van der Waals surface area contributed by atoms with Crippen LogP contribution in [0.3, 0.4) is 0 Å². The van der Waals surface area contributed by atoms with Gasteiger partial charge < -0.3 is 4.90 Å². The second-order valence-corrected chi connectivity index (χ2v) is 4.54. The number of hydrogen-bond acceptors (Lipinski definition) is 3. The third-order valence-electron chi connectivity index (χ3n) is 2.73. The number of rotatable bonds is 2. The van der Waals surface area contributed by atoms with Gasteiger partial charge in [0.2, 0.25) is 0 Å². The molecule has 2 rings (SSSR count). The minimum Gasteiger partial charge on any atom is -0.330 e. The first-order valence-corrected chi connectivity index (χ1v) is 6.25. The summed E-state index contributed by atoms with van der Waals surface area (Å²) < 4.78 is 2.56. The molecule has 0 atom stereocenters. The SMILES string of the molecule is CN=C(C)N(C)c1cn(-c2cccnc2)nc1Br. The summed E-state index contributed by atoms with van der Waals surface area (Å²) >= 11 is 3.46. The van der Waals surface area contributed by atoms with Crippen LogP contribution in [-0.2, 0) is 0 Å². The highest BCUT2D eigenvalue weighted by Gasteiger charge is 2.13. The van der Waals surface area contributed by atoms with Gasteiger partial charge in [0.1, 0.15) is 0 Å². The molecule has 0 unspecified atom stereocenters. The van der Waals surface area contributed by atoms with Crippen LogP contribution in [0.5, 0.6) is 0 Å². The van der Waals surface area contributed by atoms with Crippen LogP contribution in [0, 0.1) is 0 Å². The Labute approximate surface area is 114 Å². The summed E-state index contributed by atoms with van der Waals surface area (Å²) in [4.78, 5) is 10.2. The van der Waals surface area contributed by atoms with Crippen molar-refractivity contribution >= 4 is 27.5 Å². The Morgan fingerprint density at radius 3 is 2.89 bits per heavy atom. The summed E-state index contributed by atoms with van der Waals surface area (Å²) in [5.41, 5.74) is 1.88. The number of nitrogens with zero attached hydrogens (tertiary/aromatic N) is 5. The van der Waals surface area contributed by atoms with E-state index in [0.717, 1.165) is 21.8 Å². The molecular formula is C12H14BrN5. The average molecular weight is 308 g/mol. The normalized spacial score (nSPS) is 11.7. The Balaban J connectivity index is 2.39. The lowest BCUT2D eigenvalue weighted by atomic mass is 10.4. The molecule has 2 aromatic heterocycles. The van der Waals surface area contributed by atoms with E-state index < -0.39 is 0 Å². The lowest BCUT2D eigenvalue weighted by Gasteiger charge is -2.16. The van der Waals surface area contributed by atoms with E-state index >= 15 is 0 Å². The molecular weight excluding hydrogens is 294 g/mol. The number of halogens is 1. The molecule has 0 aromatic carbocycles. The molecule has 0 N–H and O–H groups in total. The first-order valence-electron chi connectivity index (χ1n) is 5.46. The fourth-order valence-corrected chi connectivity index (χ4v) is 2.05. The molecule has 0 aliphatic carbocycles. The van der Waals surface area contributed by atoms with Crippen molar-refractivity contribution in [3.63, 3.8) is 0 Å². The molecule has 2 heterocycles. The highest BCUT2D eigenvalue weighted by molar-refractivity contribution is 9.10. The smallest absolute Gasteiger partial charge is 0.152 e. The van der Waals surface area contributed by atoms with Gasteiger partial charge in [-0.25, -0.2) is 4.68 Å². The predicted octanol–water partition coefficient (Wildman–Crippen LogP) is 2.51. The molecule has 18 heavy (non-hydrogen) atoms. The van der Waals surface area contributed by atoms with Crippen LogP contribution >= 0.6 is 15.9 Å². The molecule has 0 saturated carbocycles. The molecule has 94 valence electrons. The van der Waals surface area contributed by atoms with Crippen molar-refractivity contribution < 1.29 is 0 Å². The maximum atomic E-state index is 4.42. The van der Waals surface area contributed by atoms with Gasteiger partial charge in [-0.05, 0) is 35.0 Å². The second-order valence-electron chi connectivity index (χ2n) is 3.79. The fourth-order valence-electron chi connectivity index (χ4n) is 1.51. The van der Waals surface area contributed by atoms with Crippen LogP contribution in [0.15, 0.2) is 40.3 Å². The highest BCUT2D eigenvalue weighted by atomic mass is 79.9. The van der Waals surface area contributed by atoms with Crippen molar-refractivity contribution in [2.24, 2.45) is 4.99 Å². The number of hydrogen-bond donors (Lipinski definition) is 0. The van der Waals surface area contributed by atoms with Gasteiger partial charge in [0.05, 0.1) is 29.6 Å². The van der Waals surface area contributed by atoms with E-state index in [1.165, 1.54) is 0 Å². The first-order chi connectivity index (χ1) is 8.63. The first kappa shape index (κ1) is 12.8. The standard InChI is InChI=1S/C12H14BrN5/c1-9(14-2)17(3)11-8-18(16-12(11)13)10-5-4-6-15-7-10/h4-8H,1-3H3. The van der Waals surface area contributed by atoms with Crippen LogP contribution in [0.4, 0.5) is 5.69 Å². The van der Waals surface area contributed by atoms with E-state index in [9.17, 15) is 0 Å². The van der Waals surface area contributed by atoms with Gasteiger partial charge in [0, 0.05) is 20.3 Å². The van der Waals surface area contributed by atoms with Gasteiger partial charge >= 0.3 is 0 Å². The molecule has 0 aliphatic rings. The lowest BCUT2D eigenvalue weighted by Crippen LogP contribution is -2.23. The van der Waals surface area contributed by atoms with Crippen molar-refractivity contribution in [1.29, 1.82) is 0 Å². The summed E-state index contributed by atoms with van der Waals surface area (Å²) in [6, 6.07) is 3.84. The van der Waals surface area contributed by atoms with Crippen molar-refractivity contribution in [2.45, 2.75) is 6.92 Å². The maximum Gasteiger partial charge on any atom is 0.152 e. The second kappa shape index (κ2) is 5.30. The minimum absolute atomic E-state index is 0.775. The number of aromatic nitrogens is 3. The van der Waals surface area contributed by atoms with Gasteiger partial charge in [0.15, 0.2) is 4.60 Å². The zero-order valence-electron chi connectivity index (χ0n) is 10.5. The monoisotopic (exact) mass is 307 g/mol. The number of anilines is 1. The van der Waals surface area contributed by atoms with Gasteiger partial charge in [-0.1, -0.05) is 0 Å². The highest BCUT2D eigenvalue weighted by Crippen LogP contribution is 2.25. The molecule has 0 fully saturated rings. The van der Waals surface area contributed by atoms with Crippen LogP contribution in [0.1, 0.15) is 6.92 Å². The summed E-state index contributed by atoms with van der Waals surface area (Å²) in [5, 5.41) is 4.42. The van der Waals surface area contributed by atoms with Crippen molar-refractivity contribution in [3.05, 3.63) is 35.3 Å². The molecule has 0 bridgehead atoms. The third kappa shape index (κ3) is 2.43. The van der Waals surface area contributed by atoms with E-state index in [1.54, 1.807) is 24.1 Å². The van der Waals surface area contributed by atoms with Gasteiger partial charge in [-0.2, -0.15) is 5.10 Å². The van der Waals surface area contributed by atoms with Crippen molar-refractivity contribution in [3.8, 4) is 5.69 Å². The predicted molar refractivity (Wildman–Crippen MR) is 76.5 cm³/mol. The van der Waals surface area contributed by atoms with Crippen LogP contribution < -0.4 is 4.90 Å². The maximum absolute atomic E-state index is 4.42. The Kier molecular flexibility index (Phi) is 3.76. The molecule has 0 radical (unpaired) electrons. The topological polar surface area (TPSA) is 46.3 Å². The lowest BCUT2D eigenvalue weighted by molar-refractivity contribution is 0.864. The summed E-state index contributed by atoms with van der Waals surface area (Å²) in [7, 11) is 3.73. The molecule has 0 aliphatic heterocycles. The zero-order valence-corrected chi connectivity index (χ0v) is 12.1. The van der Waals surface area contributed by atoms with Gasteiger partial charge in [0.25, 0.3) is 0 Å². The zero-order chi connectivity index (χ0) is 13.1. The molecule has 0 amide bonds. The summed E-state index contributed by atoms with van der Waals surface area (Å²) in [6.45, 7) is 1.95. The number of pyridine rings is 1. The van der Waals surface area contributed by atoms with Crippen molar-refractivity contribution in [1.82, 2.24) is 14.8 Å². The van der Waals surface area contributed by atoms with Gasteiger partial charge in [-0.3, -0.25) is 9.98 Å². The largest absolute Gasteiger partial charge is 0.330 e. The fraction of sp³-hybridized carbons (Fsp3) is 0.250. The Morgan fingerprint density at radius 1 is 1.50 bits per heavy atom. The Hall–Kier alpha value is -1.69.